The highest BCUT2D eigenvalue weighted by Crippen LogP contribution is 2.20. The van der Waals surface area contributed by atoms with Crippen LogP contribution in [0.25, 0.3) is 0 Å². The fraction of sp³-hybridized carbons (Fsp3) is 0.538. The van der Waals surface area contributed by atoms with E-state index in [0.29, 0.717) is 13.2 Å². The fourth-order valence-corrected chi connectivity index (χ4v) is 1.74. The Morgan fingerprint density at radius 3 is 2.65 bits per heavy atom. The van der Waals surface area contributed by atoms with E-state index in [1.165, 1.54) is 6.07 Å². The molecule has 1 aromatic carbocycles. The average molecular weight is 243 g/mol. The minimum absolute atomic E-state index is 0.0329. The Bertz CT molecular complexity index is 344. The molecule has 17 heavy (non-hydrogen) atoms. The van der Waals surface area contributed by atoms with E-state index < -0.39 is 11.6 Å². The molecule has 1 rings (SSSR count). The van der Waals surface area contributed by atoms with Gasteiger partial charge in [-0.1, -0.05) is 6.07 Å². The summed E-state index contributed by atoms with van der Waals surface area (Å²) in [5, 5.41) is 3.10. The second kappa shape index (κ2) is 7.35. The maximum atomic E-state index is 13.1. The third-order valence-corrected chi connectivity index (χ3v) is 2.68. The van der Waals surface area contributed by atoms with Crippen molar-refractivity contribution in [2.45, 2.75) is 25.8 Å². The molecular formula is C13H19F2NO. The molecule has 0 radical (unpaired) electrons. The molecule has 2 nitrogen and oxygen atoms in total. The van der Waals surface area contributed by atoms with Crippen molar-refractivity contribution in [3.8, 4) is 0 Å². The molecule has 96 valence electrons. The van der Waals surface area contributed by atoms with E-state index in [-0.39, 0.29) is 6.04 Å². The van der Waals surface area contributed by atoms with Crippen molar-refractivity contribution in [1.29, 1.82) is 0 Å². The first kappa shape index (κ1) is 14.1. The number of rotatable bonds is 7. The van der Waals surface area contributed by atoms with E-state index in [9.17, 15) is 8.78 Å². The lowest BCUT2D eigenvalue weighted by Gasteiger charge is -2.16. The van der Waals surface area contributed by atoms with Gasteiger partial charge in [-0.15, -0.1) is 0 Å². The van der Waals surface area contributed by atoms with Crippen LogP contribution in [0.5, 0.6) is 0 Å². The summed E-state index contributed by atoms with van der Waals surface area (Å²) >= 11 is 0. The Morgan fingerprint density at radius 2 is 2.06 bits per heavy atom. The summed E-state index contributed by atoms with van der Waals surface area (Å²) in [5.41, 5.74) is 0.767. The Hall–Kier alpha value is -1.00. The van der Waals surface area contributed by atoms with Crippen LogP contribution in [0.3, 0.4) is 0 Å². The molecule has 0 saturated carbocycles. The van der Waals surface area contributed by atoms with Crippen molar-refractivity contribution < 1.29 is 13.5 Å². The van der Waals surface area contributed by atoms with E-state index >= 15 is 0 Å². The normalized spacial score (nSPS) is 12.7. The van der Waals surface area contributed by atoms with Gasteiger partial charge in [-0.2, -0.15) is 0 Å². The number of halogens is 2. The average Bonchev–Trinajstić information content (AvgIpc) is 2.33. The molecule has 0 bridgehead atoms. The first-order chi connectivity index (χ1) is 8.19. The van der Waals surface area contributed by atoms with Crippen LogP contribution < -0.4 is 5.32 Å². The molecule has 1 N–H and O–H groups in total. The molecule has 1 aromatic rings. The van der Waals surface area contributed by atoms with Crippen LogP contribution in [0.2, 0.25) is 0 Å². The van der Waals surface area contributed by atoms with Crippen molar-refractivity contribution >= 4 is 0 Å². The van der Waals surface area contributed by atoms with E-state index in [2.05, 4.69) is 5.32 Å². The predicted octanol–water partition coefficient (Wildman–Crippen LogP) is 3.04. The number of hydrogen-bond acceptors (Lipinski definition) is 2. The van der Waals surface area contributed by atoms with Crippen LogP contribution in [-0.2, 0) is 4.74 Å². The van der Waals surface area contributed by atoms with Gasteiger partial charge in [-0.3, -0.25) is 0 Å². The topological polar surface area (TPSA) is 21.3 Å². The summed E-state index contributed by atoms with van der Waals surface area (Å²) in [6, 6.07) is 4.06. The smallest absolute Gasteiger partial charge is 0.159 e. The monoisotopic (exact) mass is 243 g/mol. The van der Waals surface area contributed by atoms with Gasteiger partial charge in [0, 0.05) is 19.3 Å². The Labute approximate surface area is 101 Å². The third-order valence-electron chi connectivity index (χ3n) is 2.68. The maximum Gasteiger partial charge on any atom is 0.159 e. The van der Waals surface area contributed by atoms with Crippen molar-refractivity contribution in [2.75, 3.05) is 20.3 Å². The fourth-order valence-electron chi connectivity index (χ4n) is 1.74. The molecule has 1 unspecified atom stereocenters. The van der Waals surface area contributed by atoms with Gasteiger partial charge in [-0.25, -0.2) is 8.78 Å². The van der Waals surface area contributed by atoms with Crippen LogP contribution in [-0.4, -0.2) is 20.3 Å². The van der Waals surface area contributed by atoms with Gasteiger partial charge in [0.1, 0.15) is 0 Å². The van der Waals surface area contributed by atoms with Gasteiger partial charge >= 0.3 is 0 Å². The molecule has 1 atom stereocenters. The third kappa shape index (κ3) is 4.40. The molecule has 0 aliphatic rings. The SMILES string of the molecule is CCOCCCC(NC)c1ccc(F)c(F)c1. The van der Waals surface area contributed by atoms with Crippen LogP contribution in [0.15, 0.2) is 18.2 Å². The van der Waals surface area contributed by atoms with E-state index in [1.807, 2.05) is 14.0 Å². The lowest BCUT2D eigenvalue weighted by molar-refractivity contribution is 0.141. The molecule has 0 spiro atoms. The summed E-state index contributed by atoms with van der Waals surface area (Å²) < 4.78 is 31.1. The quantitative estimate of drug-likeness (QED) is 0.743. The zero-order valence-electron chi connectivity index (χ0n) is 10.3. The summed E-state index contributed by atoms with van der Waals surface area (Å²) in [6.07, 6.45) is 1.72. The molecule has 0 fully saturated rings. The summed E-state index contributed by atoms with van der Waals surface area (Å²) in [4.78, 5) is 0. The van der Waals surface area contributed by atoms with Crippen LogP contribution in [0.1, 0.15) is 31.4 Å². The first-order valence-electron chi connectivity index (χ1n) is 5.89. The van der Waals surface area contributed by atoms with E-state index in [1.54, 1.807) is 6.07 Å². The van der Waals surface area contributed by atoms with Gasteiger partial charge in [0.05, 0.1) is 0 Å². The summed E-state index contributed by atoms with van der Waals surface area (Å²) in [7, 11) is 1.81. The number of ether oxygens (including phenoxy) is 1. The number of nitrogens with one attached hydrogen (secondary N) is 1. The Kier molecular flexibility index (Phi) is 6.08. The van der Waals surface area contributed by atoms with E-state index in [0.717, 1.165) is 24.5 Å². The van der Waals surface area contributed by atoms with Gasteiger partial charge in [-0.05, 0) is 44.5 Å². The van der Waals surface area contributed by atoms with Crippen LogP contribution in [0, 0.1) is 11.6 Å². The molecule has 0 aliphatic heterocycles. The highest BCUT2D eigenvalue weighted by atomic mass is 19.2. The van der Waals surface area contributed by atoms with Crippen LogP contribution >= 0.6 is 0 Å². The molecule has 0 amide bonds. The number of hydrogen-bond donors (Lipinski definition) is 1. The highest BCUT2D eigenvalue weighted by Gasteiger charge is 2.11. The zero-order chi connectivity index (χ0) is 12.7. The van der Waals surface area contributed by atoms with E-state index in [4.69, 9.17) is 4.74 Å². The molecule has 0 aliphatic carbocycles. The molecule has 0 heterocycles. The zero-order valence-corrected chi connectivity index (χ0v) is 10.3. The molecule has 0 aromatic heterocycles. The minimum Gasteiger partial charge on any atom is -0.382 e. The first-order valence-corrected chi connectivity index (χ1v) is 5.89. The standard InChI is InChI=1S/C13H19F2NO/c1-3-17-8-4-5-13(16-2)10-6-7-11(14)12(15)9-10/h6-7,9,13,16H,3-5,8H2,1-2H3. The lowest BCUT2D eigenvalue weighted by Crippen LogP contribution is -2.17. The molecule has 0 saturated heterocycles. The number of benzene rings is 1. The highest BCUT2D eigenvalue weighted by molar-refractivity contribution is 5.21. The van der Waals surface area contributed by atoms with Gasteiger partial charge < -0.3 is 10.1 Å². The van der Waals surface area contributed by atoms with Crippen molar-refractivity contribution in [2.24, 2.45) is 0 Å². The molecular weight excluding hydrogens is 224 g/mol. The minimum atomic E-state index is -0.807. The second-order valence-corrected chi connectivity index (χ2v) is 3.85. The lowest BCUT2D eigenvalue weighted by atomic mass is 10.0. The largest absolute Gasteiger partial charge is 0.382 e. The summed E-state index contributed by atoms with van der Waals surface area (Å²) in [6.45, 7) is 3.35. The summed E-state index contributed by atoms with van der Waals surface area (Å²) in [5.74, 6) is -1.61. The Morgan fingerprint density at radius 1 is 1.29 bits per heavy atom. The van der Waals surface area contributed by atoms with Gasteiger partial charge in [0.25, 0.3) is 0 Å². The van der Waals surface area contributed by atoms with Crippen molar-refractivity contribution in [3.05, 3.63) is 35.4 Å². The maximum absolute atomic E-state index is 13.1. The second-order valence-electron chi connectivity index (χ2n) is 3.85. The predicted molar refractivity (Wildman–Crippen MR) is 63.9 cm³/mol. The van der Waals surface area contributed by atoms with Crippen molar-refractivity contribution in [3.63, 3.8) is 0 Å². The van der Waals surface area contributed by atoms with Gasteiger partial charge in [0.15, 0.2) is 11.6 Å². The van der Waals surface area contributed by atoms with Crippen molar-refractivity contribution in [1.82, 2.24) is 5.32 Å². The van der Waals surface area contributed by atoms with Crippen LogP contribution in [0.4, 0.5) is 8.78 Å². The van der Waals surface area contributed by atoms with Gasteiger partial charge in [0.2, 0.25) is 0 Å². The Balaban J connectivity index is 2.56. The molecule has 4 heteroatoms.